The smallest absolute Gasteiger partial charge is 0.330 e. The quantitative estimate of drug-likeness (QED) is 0.240. The molecule has 2 aromatic carbocycles. The van der Waals surface area contributed by atoms with Crippen molar-refractivity contribution in [2.45, 2.75) is 26.3 Å². The summed E-state index contributed by atoms with van der Waals surface area (Å²) in [6, 6.07) is 15.4. The van der Waals surface area contributed by atoms with Gasteiger partial charge >= 0.3 is 11.7 Å². The van der Waals surface area contributed by atoms with Gasteiger partial charge in [0.2, 0.25) is 5.88 Å². The Kier molecular flexibility index (Phi) is 8.80. The zero-order chi connectivity index (χ0) is 33.4. The number of fused-ring (bicyclic) bond motifs is 1. The molecule has 4 heterocycles. The van der Waals surface area contributed by atoms with Gasteiger partial charge in [0, 0.05) is 43.0 Å². The highest BCUT2D eigenvalue weighted by molar-refractivity contribution is 6.36. The molecule has 3 aromatic heterocycles. The van der Waals surface area contributed by atoms with E-state index in [-0.39, 0.29) is 17.1 Å². The predicted molar refractivity (Wildman–Crippen MR) is 180 cm³/mol. The van der Waals surface area contributed by atoms with Crippen molar-refractivity contribution in [2.75, 3.05) is 25.5 Å². The van der Waals surface area contributed by atoms with Crippen LogP contribution in [-0.2, 0) is 25.4 Å². The van der Waals surface area contributed by atoms with E-state index in [2.05, 4.69) is 20.4 Å². The summed E-state index contributed by atoms with van der Waals surface area (Å²) >= 11 is 7.08. The van der Waals surface area contributed by atoms with Crippen LogP contribution in [0.25, 0.3) is 33.3 Å². The fourth-order valence-corrected chi connectivity index (χ4v) is 6.46. The monoisotopic (exact) mass is 655 g/mol. The number of halogens is 1. The van der Waals surface area contributed by atoms with Crippen LogP contribution >= 0.6 is 11.6 Å². The van der Waals surface area contributed by atoms with Crippen molar-refractivity contribution in [2.24, 2.45) is 20.0 Å². The third kappa shape index (κ3) is 5.97. The molecular formula is C34H34ClN7O5. The number of likely N-dealkylation sites (tertiary alicyclic amines) is 1. The van der Waals surface area contributed by atoms with Crippen LogP contribution in [0.5, 0.6) is 5.88 Å². The van der Waals surface area contributed by atoms with Crippen molar-refractivity contribution in [1.82, 2.24) is 29.2 Å². The number of nitrogens with zero attached hydrogens (tertiary/aromatic N) is 6. The highest BCUT2D eigenvalue weighted by Crippen LogP contribution is 2.40. The molecule has 47 heavy (non-hydrogen) atoms. The first-order valence-electron chi connectivity index (χ1n) is 15.2. The van der Waals surface area contributed by atoms with E-state index in [0.29, 0.717) is 60.3 Å². The molecule has 6 rings (SSSR count). The second-order valence-corrected chi connectivity index (χ2v) is 12.1. The van der Waals surface area contributed by atoms with Crippen molar-refractivity contribution < 1.29 is 14.6 Å². The number of rotatable bonds is 8. The van der Waals surface area contributed by atoms with Gasteiger partial charge < -0.3 is 15.2 Å². The fraction of sp³-hybridized carbons (Fsp3) is 0.294. The summed E-state index contributed by atoms with van der Waals surface area (Å²) in [4.78, 5) is 43.9. The Balaban J connectivity index is 1.31. The Labute approximate surface area is 275 Å². The number of ether oxygens (including phenoxy) is 1. The first kappa shape index (κ1) is 31.9. The van der Waals surface area contributed by atoms with Gasteiger partial charge in [-0.25, -0.2) is 9.78 Å². The Morgan fingerprint density at radius 1 is 1.02 bits per heavy atom. The molecule has 0 spiro atoms. The molecular weight excluding hydrogens is 622 g/mol. The van der Waals surface area contributed by atoms with E-state index in [1.54, 1.807) is 14.2 Å². The molecule has 1 saturated heterocycles. The lowest BCUT2D eigenvalue weighted by atomic mass is 9.96. The minimum absolute atomic E-state index is 0.237. The van der Waals surface area contributed by atoms with Gasteiger partial charge in [0.25, 0.3) is 5.56 Å². The number of piperidine rings is 1. The zero-order valence-corrected chi connectivity index (χ0v) is 27.2. The molecule has 0 amide bonds. The second-order valence-electron chi connectivity index (χ2n) is 11.7. The molecule has 0 aliphatic carbocycles. The van der Waals surface area contributed by atoms with E-state index in [4.69, 9.17) is 21.3 Å². The normalized spacial score (nSPS) is 14.0. The summed E-state index contributed by atoms with van der Waals surface area (Å²) in [5.41, 5.74) is 4.96. The summed E-state index contributed by atoms with van der Waals surface area (Å²) in [7, 11) is 4.60. The molecule has 1 aliphatic heterocycles. The second kappa shape index (κ2) is 13.0. The maximum Gasteiger partial charge on any atom is 0.330 e. The van der Waals surface area contributed by atoms with Crippen LogP contribution in [0.3, 0.4) is 0 Å². The molecule has 1 aliphatic rings. The first-order valence-corrected chi connectivity index (χ1v) is 15.5. The standard InChI is InChI=1S/C34H34ClN7O5/c1-19-22(7-6-10-25(19)37-30-28-27(17-36-39-30)40(2)34(46)41(3)32(28)43)23-8-5-9-24(29(23)35)26-12-11-21(31(38-26)47-4)18-42-15-13-20(14-16-42)33(44)45/h5-12,17,20H,13-16,18H2,1-4H3,(H,37,39)(H,44,45). The van der Waals surface area contributed by atoms with Gasteiger partial charge in [-0.1, -0.05) is 48.0 Å². The topological polar surface area (TPSA) is 144 Å². The highest BCUT2D eigenvalue weighted by Gasteiger charge is 2.25. The number of hydrogen-bond acceptors (Lipinski definition) is 9. The van der Waals surface area contributed by atoms with E-state index < -0.39 is 17.2 Å². The van der Waals surface area contributed by atoms with E-state index in [1.807, 2.05) is 55.5 Å². The third-order valence-electron chi connectivity index (χ3n) is 8.90. The highest BCUT2D eigenvalue weighted by atomic mass is 35.5. The van der Waals surface area contributed by atoms with E-state index in [0.717, 1.165) is 32.4 Å². The number of carboxylic acid groups (broad SMARTS) is 1. The molecule has 0 saturated carbocycles. The average molecular weight is 656 g/mol. The lowest BCUT2D eigenvalue weighted by Crippen LogP contribution is -2.37. The van der Waals surface area contributed by atoms with Crippen LogP contribution in [0.4, 0.5) is 11.5 Å². The van der Waals surface area contributed by atoms with Crippen molar-refractivity contribution in [1.29, 1.82) is 0 Å². The lowest BCUT2D eigenvalue weighted by molar-refractivity contribution is -0.143. The van der Waals surface area contributed by atoms with E-state index >= 15 is 0 Å². The van der Waals surface area contributed by atoms with Crippen LogP contribution < -0.4 is 21.3 Å². The number of nitrogens with one attached hydrogen (secondary N) is 1. The van der Waals surface area contributed by atoms with Gasteiger partial charge in [0.05, 0.1) is 35.5 Å². The Morgan fingerprint density at radius 3 is 2.45 bits per heavy atom. The summed E-state index contributed by atoms with van der Waals surface area (Å²) in [6.07, 6.45) is 2.64. The largest absolute Gasteiger partial charge is 0.481 e. The number of benzene rings is 2. The number of methoxy groups -OCH3 is 1. The minimum Gasteiger partial charge on any atom is -0.481 e. The Hall–Kier alpha value is -5.07. The minimum atomic E-state index is -0.731. The number of aliphatic carboxylic acids is 1. The molecule has 13 heteroatoms. The van der Waals surface area contributed by atoms with Crippen LogP contribution in [-0.4, -0.2) is 60.5 Å². The average Bonchev–Trinajstić information content (AvgIpc) is 3.08. The maximum atomic E-state index is 13.1. The first-order chi connectivity index (χ1) is 22.6. The number of pyridine rings is 1. The molecule has 0 bridgehead atoms. The van der Waals surface area contributed by atoms with Gasteiger partial charge in [-0.3, -0.25) is 23.6 Å². The molecule has 242 valence electrons. The van der Waals surface area contributed by atoms with Crippen molar-refractivity contribution >= 4 is 40.0 Å². The lowest BCUT2D eigenvalue weighted by Gasteiger charge is -2.30. The zero-order valence-electron chi connectivity index (χ0n) is 26.5. The van der Waals surface area contributed by atoms with Crippen molar-refractivity contribution in [3.63, 3.8) is 0 Å². The van der Waals surface area contributed by atoms with Crippen LogP contribution in [0.1, 0.15) is 24.0 Å². The summed E-state index contributed by atoms with van der Waals surface area (Å²) < 4.78 is 8.09. The molecule has 5 aromatic rings. The summed E-state index contributed by atoms with van der Waals surface area (Å²) in [6.45, 7) is 3.96. The number of anilines is 2. The van der Waals surface area contributed by atoms with Gasteiger partial charge in [0.1, 0.15) is 5.39 Å². The Morgan fingerprint density at radius 2 is 1.72 bits per heavy atom. The molecule has 2 N–H and O–H groups in total. The van der Waals surface area contributed by atoms with Crippen LogP contribution in [0.2, 0.25) is 5.02 Å². The van der Waals surface area contributed by atoms with E-state index in [1.165, 1.54) is 17.8 Å². The number of hydrogen-bond donors (Lipinski definition) is 2. The van der Waals surface area contributed by atoms with Gasteiger partial charge in [-0.15, -0.1) is 5.10 Å². The number of aryl methyl sites for hydroxylation is 1. The molecule has 0 atom stereocenters. The number of aromatic nitrogens is 5. The van der Waals surface area contributed by atoms with E-state index in [9.17, 15) is 19.5 Å². The van der Waals surface area contributed by atoms with Gasteiger partial charge in [-0.2, -0.15) is 5.10 Å². The number of carboxylic acids is 1. The maximum absolute atomic E-state index is 13.1. The SMILES string of the molecule is COc1nc(-c2cccc(-c3cccc(Nc4nncc5c4c(=O)n(C)c(=O)n5C)c3C)c2Cl)ccc1CN1CCC(C(=O)O)CC1. The molecule has 12 nitrogen and oxygen atoms in total. The molecule has 1 fully saturated rings. The van der Waals surface area contributed by atoms with Gasteiger partial charge in [0.15, 0.2) is 5.82 Å². The number of carbonyl (C=O) groups is 1. The predicted octanol–water partition coefficient (Wildman–Crippen LogP) is 4.77. The van der Waals surface area contributed by atoms with Gasteiger partial charge in [-0.05, 0) is 56.1 Å². The third-order valence-corrected chi connectivity index (χ3v) is 9.31. The van der Waals surface area contributed by atoms with Crippen molar-refractivity contribution in [3.05, 3.63) is 91.7 Å². The van der Waals surface area contributed by atoms with Crippen LogP contribution in [0, 0.1) is 12.8 Å². The summed E-state index contributed by atoms with van der Waals surface area (Å²) in [5, 5.41) is 21.6. The van der Waals surface area contributed by atoms with Crippen molar-refractivity contribution in [3.8, 4) is 28.3 Å². The molecule has 0 unspecified atom stereocenters. The Bertz CT molecular complexity index is 2140. The summed E-state index contributed by atoms with van der Waals surface area (Å²) in [5.74, 6) is -0.292. The van der Waals surface area contributed by atoms with Crippen LogP contribution in [0.15, 0.2) is 64.3 Å². The fourth-order valence-electron chi connectivity index (χ4n) is 6.14. The molecule has 0 radical (unpaired) electrons.